The maximum Gasteiger partial charge on any atom is 0.162 e. The quantitative estimate of drug-likeness (QED) is 0.589. The van der Waals surface area contributed by atoms with Crippen LogP contribution in [0.3, 0.4) is 0 Å². The second-order valence-corrected chi connectivity index (χ2v) is 7.34. The molecule has 0 radical (unpaired) electrons. The molecule has 5 nitrogen and oxygen atoms in total. The first-order valence-electron chi connectivity index (χ1n) is 9.81. The fourth-order valence-electron chi connectivity index (χ4n) is 3.09. The Hall–Kier alpha value is -1.43. The number of Topliss-reactive ketones (excluding diaryl/α,β-unsaturated/α-hetero) is 1. The third-order valence-electron chi connectivity index (χ3n) is 4.67. The molecule has 1 aromatic carbocycles. The smallest absolute Gasteiger partial charge is 0.162 e. The summed E-state index contributed by atoms with van der Waals surface area (Å²) in [5, 5.41) is 13.3. The van der Waals surface area contributed by atoms with E-state index < -0.39 is 6.10 Å². The molecule has 0 aromatic heterocycles. The van der Waals surface area contributed by atoms with Gasteiger partial charge in [0.2, 0.25) is 0 Å². The molecule has 1 fully saturated rings. The van der Waals surface area contributed by atoms with Crippen LogP contribution in [0.15, 0.2) is 18.2 Å². The molecule has 5 heteroatoms. The molecule has 2 rings (SSSR count). The van der Waals surface area contributed by atoms with E-state index in [4.69, 9.17) is 9.47 Å². The highest BCUT2D eigenvalue weighted by atomic mass is 16.5. The molecule has 0 bridgehead atoms. The van der Waals surface area contributed by atoms with Gasteiger partial charge in [-0.25, -0.2) is 0 Å². The maximum absolute atomic E-state index is 12.0. The van der Waals surface area contributed by atoms with Gasteiger partial charge in [-0.2, -0.15) is 0 Å². The van der Waals surface area contributed by atoms with Gasteiger partial charge in [0.05, 0.1) is 12.7 Å². The predicted octanol–water partition coefficient (Wildman–Crippen LogP) is 3.48. The van der Waals surface area contributed by atoms with E-state index in [1.54, 1.807) is 6.07 Å². The number of hydrogen-bond acceptors (Lipinski definition) is 5. The molecule has 1 aliphatic carbocycles. The lowest BCUT2D eigenvalue weighted by Crippen LogP contribution is -2.35. The molecule has 1 unspecified atom stereocenters. The monoisotopic (exact) mass is 363 g/mol. The highest BCUT2D eigenvalue weighted by Crippen LogP contribution is 2.26. The molecule has 2 N–H and O–H groups in total. The van der Waals surface area contributed by atoms with Crippen molar-refractivity contribution in [3.63, 3.8) is 0 Å². The van der Waals surface area contributed by atoms with Crippen LogP contribution in [0, 0.1) is 0 Å². The number of hydrogen-bond donors (Lipinski definition) is 2. The highest BCUT2D eigenvalue weighted by Gasteiger charge is 2.17. The van der Waals surface area contributed by atoms with Gasteiger partial charge in [0.1, 0.15) is 18.5 Å². The first-order valence-corrected chi connectivity index (χ1v) is 9.81. The zero-order valence-electron chi connectivity index (χ0n) is 16.3. The van der Waals surface area contributed by atoms with Crippen molar-refractivity contribution in [2.24, 2.45) is 0 Å². The van der Waals surface area contributed by atoms with Gasteiger partial charge in [0.15, 0.2) is 5.78 Å². The van der Waals surface area contributed by atoms with Gasteiger partial charge in [0, 0.05) is 30.1 Å². The Morgan fingerprint density at radius 3 is 2.69 bits per heavy atom. The summed E-state index contributed by atoms with van der Waals surface area (Å²) < 4.78 is 11.9. The summed E-state index contributed by atoms with van der Waals surface area (Å²) in [5.41, 5.74) is 1.56. The van der Waals surface area contributed by atoms with Crippen LogP contribution in [0.2, 0.25) is 0 Å². The molecule has 26 heavy (non-hydrogen) atoms. The van der Waals surface area contributed by atoms with Crippen LogP contribution in [0.1, 0.15) is 68.8 Å². The molecule has 146 valence electrons. The molecule has 1 atom stereocenters. The van der Waals surface area contributed by atoms with Gasteiger partial charge < -0.3 is 19.9 Å². The number of aliphatic hydroxyl groups is 1. The van der Waals surface area contributed by atoms with Crippen molar-refractivity contribution in [3.8, 4) is 5.75 Å². The van der Waals surface area contributed by atoms with E-state index >= 15 is 0 Å². The summed E-state index contributed by atoms with van der Waals surface area (Å²) in [6, 6.07) is 5.80. The number of ether oxygens (including phenoxy) is 2. The number of carbonyl (C=O) groups excluding carboxylic acids is 1. The van der Waals surface area contributed by atoms with Crippen LogP contribution in [-0.4, -0.2) is 42.3 Å². The van der Waals surface area contributed by atoms with Crippen LogP contribution < -0.4 is 10.1 Å². The Morgan fingerprint density at radius 2 is 2.04 bits per heavy atom. The van der Waals surface area contributed by atoms with Gasteiger partial charge in [-0.05, 0) is 31.0 Å². The first-order chi connectivity index (χ1) is 12.5. The van der Waals surface area contributed by atoms with E-state index in [0.717, 1.165) is 18.4 Å². The highest BCUT2D eigenvalue weighted by molar-refractivity contribution is 5.96. The molecule has 0 saturated heterocycles. The van der Waals surface area contributed by atoms with E-state index in [2.05, 4.69) is 5.32 Å². The first kappa shape index (κ1) is 20.9. The normalized spacial score (nSPS) is 16.2. The number of carbonyl (C=O) groups is 1. The Bertz CT molecular complexity index is 567. The average Bonchev–Trinajstić information content (AvgIpc) is 3.16. The Labute approximate surface area is 157 Å². The Kier molecular flexibility index (Phi) is 8.55. The third-order valence-corrected chi connectivity index (χ3v) is 4.67. The van der Waals surface area contributed by atoms with Crippen molar-refractivity contribution in [2.75, 3.05) is 13.2 Å². The lowest BCUT2D eigenvalue weighted by molar-refractivity contribution is 0.0430. The van der Waals surface area contributed by atoms with Gasteiger partial charge in [-0.15, -0.1) is 0 Å². The lowest BCUT2D eigenvalue weighted by atomic mass is 10.0. The zero-order valence-corrected chi connectivity index (χ0v) is 16.3. The van der Waals surface area contributed by atoms with Crippen LogP contribution in [0.5, 0.6) is 5.75 Å². The van der Waals surface area contributed by atoms with E-state index in [1.807, 2.05) is 32.9 Å². The van der Waals surface area contributed by atoms with Crippen molar-refractivity contribution in [2.45, 2.75) is 77.7 Å². The summed E-state index contributed by atoms with van der Waals surface area (Å²) in [7, 11) is 0. The van der Waals surface area contributed by atoms with Crippen LogP contribution in [-0.2, 0) is 11.3 Å². The summed E-state index contributed by atoms with van der Waals surface area (Å²) in [5.74, 6) is 0.791. The summed E-state index contributed by atoms with van der Waals surface area (Å²) in [6.07, 6.45) is 4.83. The van der Waals surface area contributed by atoms with Crippen molar-refractivity contribution in [3.05, 3.63) is 29.3 Å². The molecular weight excluding hydrogens is 330 g/mol. The second-order valence-electron chi connectivity index (χ2n) is 7.34. The van der Waals surface area contributed by atoms with Crippen molar-refractivity contribution in [1.82, 2.24) is 5.32 Å². The van der Waals surface area contributed by atoms with Crippen LogP contribution in [0.25, 0.3) is 0 Å². The number of nitrogens with one attached hydrogen (secondary N) is 1. The molecule has 0 heterocycles. The number of ketones is 1. The number of aliphatic hydroxyl groups excluding tert-OH is 1. The largest absolute Gasteiger partial charge is 0.490 e. The molecule has 0 amide bonds. The minimum absolute atomic E-state index is 0.111. The molecular formula is C21H33NO4. The standard InChI is InChI=1S/C21H33NO4/c1-4-20(24)16-9-10-21(26-14-18(23)12-22-15(2)3)17(11-16)13-25-19-7-5-6-8-19/h9-11,15,18-19,22-23H,4-8,12-14H2,1-3H3. The van der Waals surface area contributed by atoms with Gasteiger partial charge >= 0.3 is 0 Å². The third kappa shape index (κ3) is 6.71. The van der Waals surface area contributed by atoms with E-state index in [1.165, 1.54) is 12.8 Å². The molecule has 0 aliphatic heterocycles. The minimum Gasteiger partial charge on any atom is -0.490 e. The van der Waals surface area contributed by atoms with Crippen molar-refractivity contribution < 1.29 is 19.4 Å². The fraction of sp³-hybridized carbons (Fsp3) is 0.667. The van der Waals surface area contributed by atoms with Crippen LogP contribution in [0.4, 0.5) is 0 Å². The molecule has 0 spiro atoms. The van der Waals surface area contributed by atoms with Crippen molar-refractivity contribution >= 4 is 5.78 Å². The van der Waals surface area contributed by atoms with E-state index in [9.17, 15) is 9.90 Å². The SMILES string of the molecule is CCC(=O)c1ccc(OCC(O)CNC(C)C)c(COC2CCCC2)c1. The predicted molar refractivity (Wildman–Crippen MR) is 103 cm³/mol. The van der Waals surface area contributed by atoms with Gasteiger partial charge in [-0.1, -0.05) is 33.6 Å². The number of benzene rings is 1. The molecule has 1 saturated carbocycles. The average molecular weight is 363 g/mol. The van der Waals surface area contributed by atoms with E-state index in [0.29, 0.717) is 43.0 Å². The van der Waals surface area contributed by atoms with Gasteiger partial charge in [0.25, 0.3) is 0 Å². The Morgan fingerprint density at radius 1 is 1.31 bits per heavy atom. The second kappa shape index (κ2) is 10.7. The fourth-order valence-corrected chi connectivity index (χ4v) is 3.09. The minimum atomic E-state index is -0.585. The Balaban J connectivity index is 2.01. The zero-order chi connectivity index (χ0) is 18.9. The lowest BCUT2D eigenvalue weighted by Gasteiger charge is -2.18. The molecule has 1 aromatic rings. The summed E-state index contributed by atoms with van der Waals surface area (Å²) in [4.78, 5) is 12.0. The summed E-state index contributed by atoms with van der Waals surface area (Å²) in [6.45, 7) is 7.06. The van der Waals surface area contributed by atoms with Gasteiger partial charge in [-0.3, -0.25) is 4.79 Å². The summed E-state index contributed by atoms with van der Waals surface area (Å²) >= 11 is 0. The van der Waals surface area contributed by atoms with Crippen molar-refractivity contribution in [1.29, 1.82) is 0 Å². The maximum atomic E-state index is 12.0. The number of rotatable bonds is 11. The molecule has 1 aliphatic rings. The van der Waals surface area contributed by atoms with Crippen LogP contribution >= 0.6 is 0 Å². The van der Waals surface area contributed by atoms with E-state index in [-0.39, 0.29) is 12.4 Å². The topological polar surface area (TPSA) is 67.8 Å².